The van der Waals surface area contributed by atoms with E-state index in [1.54, 1.807) is 0 Å². The topological polar surface area (TPSA) is 63.6 Å². The molecule has 2 bridgehead atoms. The van der Waals surface area contributed by atoms with Gasteiger partial charge >= 0.3 is 11.9 Å². The molecule has 0 radical (unpaired) electrons. The standard InChI is InChI=1S/C14H18O4/c1-7-6-9-10-8(2)13(7,3)4-5-14(10,11(15)16)12(17)18-9/h7,9-10H,2,4-6H2,1,3H3,(H,15,16)/t7-,9+,10-,13+,14+/m0/s1. The third kappa shape index (κ3) is 1.03. The van der Waals surface area contributed by atoms with Gasteiger partial charge < -0.3 is 9.84 Å². The van der Waals surface area contributed by atoms with Crippen LogP contribution < -0.4 is 0 Å². The van der Waals surface area contributed by atoms with Crippen molar-refractivity contribution in [2.45, 2.75) is 39.2 Å². The number of hydrogen-bond donors (Lipinski definition) is 1. The maximum Gasteiger partial charge on any atom is 0.324 e. The highest BCUT2D eigenvalue weighted by Gasteiger charge is 2.70. The van der Waals surface area contributed by atoms with Crippen molar-refractivity contribution in [3.05, 3.63) is 12.2 Å². The minimum absolute atomic E-state index is 0.0475. The molecule has 0 aromatic rings. The fraction of sp³-hybridized carbons (Fsp3) is 0.714. The van der Waals surface area contributed by atoms with Gasteiger partial charge in [0.1, 0.15) is 6.10 Å². The number of carbonyl (C=O) groups is 2. The summed E-state index contributed by atoms with van der Waals surface area (Å²) in [5.74, 6) is -1.55. The van der Waals surface area contributed by atoms with Gasteiger partial charge in [0.15, 0.2) is 5.41 Å². The lowest BCUT2D eigenvalue weighted by Gasteiger charge is -2.53. The molecule has 1 saturated heterocycles. The van der Waals surface area contributed by atoms with Gasteiger partial charge in [-0.2, -0.15) is 0 Å². The van der Waals surface area contributed by atoms with Crippen LogP contribution in [0.25, 0.3) is 0 Å². The van der Waals surface area contributed by atoms with Gasteiger partial charge in [0, 0.05) is 5.92 Å². The third-order valence-electron chi connectivity index (χ3n) is 5.73. The van der Waals surface area contributed by atoms with Gasteiger partial charge in [-0.25, -0.2) is 0 Å². The maximum atomic E-state index is 12.1. The summed E-state index contributed by atoms with van der Waals surface area (Å²) >= 11 is 0. The van der Waals surface area contributed by atoms with E-state index in [-0.39, 0.29) is 17.4 Å². The van der Waals surface area contributed by atoms with E-state index in [2.05, 4.69) is 20.4 Å². The first kappa shape index (κ1) is 11.8. The molecule has 0 unspecified atom stereocenters. The van der Waals surface area contributed by atoms with Gasteiger partial charge in [0.05, 0.1) is 0 Å². The molecule has 0 spiro atoms. The number of carboxylic acids is 1. The highest BCUT2D eigenvalue weighted by Crippen LogP contribution is 2.64. The van der Waals surface area contributed by atoms with E-state index in [9.17, 15) is 14.7 Å². The minimum atomic E-state index is -1.36. The Morgan fingerprint density at radius 3 is 2.78 bits per heavy atom. The molecule has 1 aliphatic heterocycles. The number of carbonyl (C=O) groups excluding carboxylic acids is 1. The number of fused-ring (bicyclic) bond motifs is 1. The first-order chi connectivity index (χ1) is 8.34. The molecule has 98 valence electrons. The Balaban J connectivity index is 2.16. The van der Waals surface area contributed by atoms with Gasteiger partial charge in [-0.1, -0.05) is 26.0 Å². The molecular formula is C14H18O4. The molecule has 2 saturated carbocycles. The van der Waals surface area contributed by atoms with Crippen molar-refractivity contribution in [2.75, 3.05) is 0 Å². The van der Waals surface area contributed by atoms with Crippen molar-refractivity contribution in [1.82, 2.24) is 0 Å². The van der Waals surface area contributed by atoms with E-state index in [1.165, 1.54) is 0 Å². The SMILES string of the molecule is C=C1[C@H]2[C@H]3C[C@H](C)[C@@]1(C)CC[C@@]2(C(=O)O)C(=O)O3. The molecule has 0 aromatic carbocycles. The van der Waals surface area contributed by atoms with Crippen molar-refractivity contribution in [1.29, 1.82) is 0 Å². The van der Waals surface area contributed by atoms with Crippen molar-refractivity contribution < 1.29 is 19.4 Å². The van der Waals surface area contributed by atoms with Crippen LogP contribution in [0, 0.1) is 22.7 Å². The molecule has 5 atom stereocenters. The molecule has 1 heterocycles. The molecule has 4 nitrogen and oxygen atoms in total. The molecule has 3 aliphatic rings. The van der Waals surface area contributed by atoms with Crippen LogP contribution in [-0.4, -0.2) is 23.1 Å². The Hall–Kier alpha value is -1.32. The lowest BCUT2D eigenvalue weighted by Crippen LogP contribution is -2.54. The second-order valence-corrected chi connectivity index (χ2v) is 6.28. The Morgan fingerprint density at radius 2 is 2.17 bits per heavy atom. The summed E-state index contributed by atoms with van der Waals surface area (Å²) < 4.78 is 5.37. The zero-order chi connectivity index (χ0) is 13.3. The molecule has 3 rings (SSSR count). The monoisotopic (exact) mass is 250 g/mol. The zero-order valence-corrected chi connectivity index (χ0v) is 10.7. The van der Waals surface area contributed by atoms with E-state index in [1.807, 2.05) is 0 Å². The maximum absolute atomic E-state index is 12.1. The van der Waals surface area contributed by atoms with Crippen LogP contribution in [0.3, 0.4) is 0 Å². The largest absolute Gasteiger partial charge is 0.480 e. The fourth-order valence-electron chi connectivity index (χ4n) is 4.19. The molecule has 4 heteroatoms. The van der Waals surface area contributed by atoms with Crippen LogP contribution in [0.15, 0.2) is 12.2 Å². The lowest BCUT2D eigenvalue weighted by molar-refractivity contribution is -0.163. The first-order valence-electron chi connectivity index (χ1n) is 6.48. The molecule has 2 aliphatic carbocycles. The summed E-state index contributed by atoms with van der Waals surface area (Å²) in [5.41, 5.74) is -0.499. The second-order valence-electron chi connectivity index (χ2n) is 6.28. The molecule has 0 aromatic heterocycles. The predicted octanol–water partition coefficient (Wildman–Crippen LogP) is 2.00. The van der Waals surface area contributed by atoms with Crippen LogP contribution >= 0.6 is 0 Å². The molecule has 3 fully saturated rings. The number of esters is 1. The summed E-state index contributed by atoms with van der Waals surface area (Å²) in [5, 5.41) is 9.52. The van der Waals surface area contributed by atoms with Crippen LogP contribution in [0.4, 0.5) is 0 Å². The van der Waals surface area contributed by atoms with Gasteiger partial charge in [-0.3, -0.25) is 9.59 Å². The minimum Gasteiger partial charge on any atom is -0.480 e. The smallest absolute Gasteiger partial charge is 0.324 e. The quantitative estimate of drug-likeness (QED) is 0.439. The lowest BCUT2D eigenvalue weighted by atomic mass is 9.48. The Morgan fingerprint density at radius 1 is 1.50 bits per heavy atom. The number of ether oxygens (including phenoxy) is 1. The van der Waals surface area contributed by atoms with E-state index < -0.39 is 17.4 Å². The Labute approximate surface area is 106 Å². The van der Waals surface area contributed by atoms with Crippen LogP contribution in [-0.2, 0) is 14.3 Å². The molecular weight excluding hydrogens is 232 g/mol. The number of rotatable bonds is 1. The summed E-state index contributed by atoms with van der Waals surface area (Å²) in [6.07, 6.45) is 1.55. The van der Waals surface area contributed by atoms with E-state index >= 15 is 0 Å². The van der Waals surface area contributed by atoms with Gasteiger partial charge in [0.25, 0.3) is 0 Å². The summed E-state index contributed by atoms with van der Waals surface area (Å²) in [7, 11) is 0. The van der Waals surface area contributed by atoms with Crippen LogP contribution in [0.5, 0.6) is 0 Å². The average molecular weight is 250 g/mol. The van der Waals surface area contributed by atoms with Gasteiger partial charge in [-0.15, -0.1) is 0 Å². The van der Waals surface area contributed by atoms with Crippen molar-refractivity contribution in [3.8, 4) is 0 Å². The summed E-state index contributed by atoms with van der Waals surface area (Å²) in [6.45, 7) is 8.41. The number of hydrogen-bond acceptors (Lipinski definition) is 3. The zero-order valence-electron chi connectivity index (χ0n) is 10.7. The second kappa shape index (κ2) is 3.16. The van der Waals surface area contributed by atoms with Crippen molar-refractivity contribution in [2.24, 2.45) is 22.7 Å². The van der Waals surface area contributed by atoms with E-state index in [0.29, 0.717) is 18.8 Å². The van der Waals surface area contributed by atoms with Gasteiger partial charge in [0.2, 0.25) is 0 Å². The Kier molecular flexibility index (Phi) is 2.07. The predicted molar refractivity (Wildman–Crippen MR) is 63.7 cm³/mol. The summed E-state index contributed by atoms with van der Waals surface area (Å²) in [6, 6.07) is 0. The first-order valence-corrected chi connectivity index (χ1v) is 6.48. The molecule has 18 heavy (non-hydrogen) atoms. The number of aliphatic carboxylic acids is 1. The molecule has 1 N–H and O–H groups in total. The van der Waals surface area contributed by atoms with Crippen molar-refractivity contribution >= 4 is 11.9 Å². The normalized spacial score (nSPS) is 50.0. The summed E-state index contributed by atoms with van der Waals surface area (Å²) in [4.78, 5) is 23.7. The highest BCUT2D eigenvalue weighted by molar-refractivity contribution is 6.02. The van der Waals surface area contributed by atoms with Crippen molar-refractivity contribution in [3.63, 3.8) is 0 Å². The molecule has 0 amide bonds. The van der Waals surface area contributed by atoms with E-state index in [4.69, 9.17) is 4.74 Å². The highest BCUT2D eigenvalue weighted by atomic mass is 16.6. The Bertz CT molecular complexity index is 468. The third-order valence-corrected chi connectivity index (χ3v) is 5.73. The fourth-order valence-corrected chi connectivity index (χ4v) is 4.19. The van der Waals surface area contributed by atoms with Gasteiger partial charge in [-0.05, 0) is 30.6 Å². The number of carboxylic acid groups (broad SMARTS) is 1. The van der Waals surface area contributed by atoms with Crippen LogP contribution in [0.2, 0.25) is 0 Å². The van der Waals surface area contributed by atoms with E-state index in [0.717, 1.165) is 12.0 Å². The van der Waals surface area contributed by atoms with Crippen LogP contribution in [0.1, 0.15) is 33.1 Å². The average Bonchev–Trinajstić information content (AvgIpc) is 2.58.